The van der Waals surface area contributed by atoms with Crippen LogP contribution in [0.4, 0.5) is 15.6 Å². The average molecular weight is 599 g/mol. The molecule has 2 fully saturated rings. The summed E-state index contributed by atoms with van der Waals surface area (Å²) in [5.41, 5.74) is 3.05. The van der Waals surface area contributed by atoms with Gasteiger partial charge in [-0.25, -0.2) is 9.78 Å². The van der Waals surface area contributed by atoms with Gasteiger partial charge in [0.1, 0.15) is 12.6 Å². The Kier molecular flexibility index (Phi) is 8.52. The van der Waals surface area contributed by atoms with E-state index in [1.54, 1.807) is 57.4 Å². The highest BCUT2D eigenvalue weighted by Gasteiger charge is 2.45. The minimum absolute atomic E-state index is 0.111. The second-order valence-electron chi connectivity index (χ2n) is 10.2. The van der Waals surface area contributed by atoms with Gasteiger partial charge in [-0.15, -0.1) is 23.1 Å². The monoisotopic (exact) mass is 598 g/mol. The van der Waals surface area contributed by atoms with Crippen molar-refractivity contribution in [3.05, 3.63) is 113 Å². The molecule has 2 unspecified atom stereocenters. The predicted molar refractivity (Wildman–Crippen MR) is 165 cm³/mol. The smallest absolute Gasteiger partial charge is 0.411 e. The Morgan fingerprint density at radius 2 is 1.62 bits per heavy atom. The first kappa shape index (κ1) is 28.0. The summed E-state index contributed by atoms with van der Waals surface area (Å²) in [6.45, 7) is 0.111. The first-order chi connectivity index (χ1) is 20.6. The maximum Gasteiger partial charge on any atom is 0.411 e. The van der Waals surface area contributed by atoms with E-state index in [0.717, 1.165) is 24.0 Å². The molecule has 0 spiro atoms. The Bertz CT molecular complexity index is 1510. The molecule has 1 aliphatic carbocycles. The van der Waals surface area contributed by atoms with Crippen molar-refractivity contribution in [2.24, 2.45) is 0 Å². The number of nitrogens with one attached hydrogen (secondary N) is 1. The van der Waals surface area contributed by atoms with E-state index >= 15 is 0 Å². The zero-order valence-electron chi connectivity index (χ0n) is 22.8. The van der Waals surface area contributed by atoms with Gasteiger partial charge in [0, 0.05) is 35.4 Å². The summed E-state index contributed by atoms with van der Waals surface area (Å²) in [6, 6.07) is 25.8. The molecule has 0 bridgehead atoms. The number of thiazole rings is 1. The number of nitrogens with zero attached hydrogens (tertiary/aromatic N) is 3. The lowest BCUT2D eigenvalue weighted by Crippen LogP contribution is -2.50. The second kappa shape index (κ2) is 12.8. The Hall–Kier alpha value is -4.15. The van der Waals surface area contributed by atoms with Gasteiger partial charge in [-0.3, -0.25) is 19.4 Å². The van der Waals surface area contributed by atoms with Crippen LogP contribution in [-0.4, -0.2) is 51.0 Å². The van der Waals surface area contributed by atoms with Gasteiger partial charge in [0.25, 0.3) is 11.8 Å². The first-order valence-corrected chi connectivity index (χ1v) is 15.8. The fourth-order valence-corrected chi connectivity index (χ4v) is 6.91. The zero-order valence-corrected chi connectivity index (χ0v) is 24.4. The van der Waals surface area contributed by atoms with Crippen molar-refractivity contribution in [1.82, 2.24) is 15.2 Å². The van der Waals surface area contributed by atoms with Crippen molar-refractivity contribution in [1.29, 1.82) is 0 Å². The molecular weight excluding hydrogens is 569 g/mol. The molecule has 1 N–H and O–H groups in total. The van der Waals surface area contributed by atoms with Crippen molar-refractivity contribution in [3.8, 4) is 0 Å². The molecule has 8 nitrogen and oxygen atoms in total. The van der Waals surface area contributed by atoms with Crippen LogP contribution in [0.2, 0.25) is 0 Å². The van der Waals surface area contributed by atoms with Gasteiger partial charge >= 0.3 is 6.09 Å². The molecular formula is C32H30N4O4S2. The number of ether oxygens (including phenoxy) is 1. The zero-order chi connectivity index (χ0) is 28.9. The van der Waals surface area contributed by atoms with E-state index < -0.39 is 12.1 Å². The van der Waals surface area contributed by atoms with Crippen LogP contribution in [0.25, 0.3) is 0 Å². The van der Waals surface area contributed by atoms with Crippen LogP contribution >= 0.6 is 23.1 Å². The Balaban J connectivity index is 1.27. The number of carbonyl (C=O) groups excluding carboxylic acids is 3. The molecule has 214 valence electrons. The fourth-order valence-electron chi connectivity index (χ4n) is 4.83. The normalized spacial score (nSPS) is 18.0. The molecule has 1 aromatic heterocycles. The molecule has 10 heteroatoms. The van der Waals surface area contributed by atoms with E-state index in [1.807, 2.05) is 60.7 Å². The summed E-state index contributed by atoms with van der Waals surface area (Å²) in [6.07, 6.45) is 3.70. The van der Waals surface area contributed by atoms with Crippen molar-refractivity contribution in [2.45, 2.75) is 43.3 Å². The molecule has 1 saturated heterocycles. The minimum atomic E-state index is -0.770. The van der Waals surface area contributed by atoms with Gasteiger partial charge in [0.2, 0.25) is 0 Å². The van der Waals surface area contributed by atoms with E-state index in [1.165, 1.54) is 11.3 Å². The molecule has 1 aliphatic heterocycles. The van der Waals surface area contributed by atoms with Crippen molar-refractivity contribution >= 4 is 51.8 Å². The SMILES string of the molecule is O=C(NC1CC1)c1ccc(N(C(=O)C2CSC(Cc3ccccc3)N2C(=O)OCc2ccccc2)c2nccs2)cc1. The molecule has 4 aromatic rings. The van der Waals surface area contributed by atoms with Crippen LogP contribution in [-0.2, 0) is 22.6 Å². The number of thioether (sulfide) groups is 1. The number of anilines is 2. The van der Waals surface area contributed by atoms with E-state index in [9.17, 15) is 14.4 Å². The molecule has 2 atom stereocenters. The summed E-state index contributed by atoms with van der Waals surface area (Å²) in [4.78, 5) is 48.1. The number of carbonyl (C=O) groups is 3. The number of benzene rings is 3. The Morgan fingerprint density at radius 3 is 2.26 bits per heavy atom. The van der Waals surface area contributed by atoms with Crippen molar-refractivity contribution in [2.75, 3.05) is 10.7 Å². The molecule has 3 aromatic carbocycles. The van der Waals surface area contributed by atoms with E-state index in [4.69, 9.17) is 4.74 Å². The van der Waals surface area contributed by atoms with Crippen LogP contribution in [0.3, 0.4) is 0 Å². The quantitative estimate of drug-likeness (QED) is 0.253. The third kappa shape index (κ3) is 6.50. The van der Waals surface area contributed by atoms with Gasteiger partial charge in [0.15, 0.2) is 5.13 Å². The topological polar surface area (TPSA) is 91.8 Å². The second-order valence-corrected chi connectivity index (χ2v) is 12.3. The van der Waals surface area contributed by atoms with Gasteiger partial charge in [-0.2, -0.15) is 0 Å². The number of hydrogen-bond donors (Lipinski definition) is 1. The Labute approximate surface area is 252 Å². The third-order valence-corrected chi connectivity index (χ3v) is 9.22. The van der Waals surface area contributed by atoms with Crippen LogP contribution in [0.5, 0.6) is 0 Å². The predicted octanol–water partition coefficient (Wildman–Crippen LogP) is 6.02. The standard InChI is InChI=1S/C32H30N4O4S2/c37-29(34-25-13-14-25)24-11-15-26(16-12-24)35(31-33-17-18-41-31)30(38)27-21-42-28(19-22-7-3-1-4-8-22)36(27)32(39)40-20-23-9-5-2-6-10-23/h1-12,15-18,25,27-28H,13-14,19-21H2,(H,34,37). The molecule has 42 heavy (non-hydrogen) atoms. The molecule has 3 amide bonds. The van der Waals surface area contributed by atoms with Crippen molar-refractivity contribution in [3.63, 3.8) is 0 Å². The summed E-state index contributed by atoms with van der Waals surface area (Å²) >= 11 is 2.90. The number of hydrogen-bond acceptors (Lipinski definition) is 7. The highest BCUT2D eigenvalue weighted by atomic mass is 32.2. The molecule has 0 radical (unpaired) electrons. The summed E-state index contributed by atoms with van der Waals surface area (Å²) in [5, 5.41) is 5.01. The highest BCUT2D eigenvalue weighted by molar-refractivity contribution is 8.00. The van der Waals surface area contributed by atoms with Crippen molar-refractivity contribution < 1.29 is 19.1 Å². The number of aromatic nitrogens is 1. The molecule has 6 rings (SSSR count). The van der Waals surface area contributed by atoms with Gasteiger partial charge in [-0.1, -0.05) is 60.7 Å². The maximum absolute atomic E-state index is 14.4. The lowest BCUT2D eigenvalue weighted by Gasteiger charge is -2.31. The van der Waals surface area contributed by atoms with Gasteiger partial charge in [0.05, 0.1) is 11.1 Å². The average Bonchev–Trinajstić information content (AvgIpc) is 3.48. The van der Waals surface area contributed by atoms with Crippen LogP contribution in [0.15, 0.2) is 96.5 Å². The fraction of sp³-hybridized carbons (Fsp3) is 0.250. The summed E-state index contributed by atoms with van der Waals surface area (Å²) < 4.78 is 5.76. The van der Waals surface area contributed by atoms with Gasteiger partial charge < -0.3 is 10.1 Å². The van der Waals surface area contributed by atoms with Crippen LogP contribution < -0.4 is 10.2 Å². The van der Waals surface area contributed by atoms with Crippen LogP contribution in [0.1, 0.15) is 34.3 Å². The lowest BCUT2D eigenvalue weighted by atomic mass is 10.1. The molecule has 2 heterocycles. The van der Waals surface area contributed by atoms with Gasteiger partial charge in [-0.05, 0) is 48.2 Å². The summed E-state index contributed by atoms with van der Waals surface area (Å²) in [7, 11) is 0. The highest BCUT2D eigenvalue weighted by Crippen LogP contribution is 2.37. The molecule has 2 aliphatic rings. The number of amides is 3. The molecule has 1 saturated carbocycles. The number of rotatable bonds is 9. The Morgan fingerprint density at radius 1 is 0.929 bits per heavy atom. The first-order valence-electron chi connectivity index (χ1n) is 13.9. The van der Waals surface area contributed by atoms with E-state index in [0.29, 0.717) is 28.6 Å². The van der Waals surface area contributed by atoms with Crippen LogP contribution in [0, 0.1) is 0 Å². The summed E-state index contributed by atoms with van der Waals surface area (Å²) in [5.74, 6) is 0.0138. The minimum Gasteiger partial charge on any atom is -0.445 e. The van der Waals surface area contributed by atoms with E-state index in [2.05, 4.69) is 10.3 Å². The third-order valence-electron chi connectivity index (χ3n) is 7.18. The largest absolute Gasteiger partial charge is 0.445 e. The maximum atomic E-state index is 14.4. The van der Waals surface area contributed by atoms with E-state index in [-0.39, 0.29) is 29.8 Å². The lowest BCUT2D eigenvalue weighted by molar-refractivity contribution is -0.121.